The number of aliphatic hydroxyl groups excluding tert-OH is 1. The molecular formula is C19H21F2N3O3. The molecule has 1 atom stereocenters. The van der Waals surface area contributed by atoms with Gasteiger partial charge in [-0.15, -0.1) is 0 Å². The second-order valence-corrected chi connectivity index (χ2v) is 6.69. The molecule has 0 aromatic heterocycles. The highest BCUT2D eigenvalue weighted by molar-refractivity contribution is 5.63. The summed E-state index contributed by atoms with van der Waals surface area (Å²) in [5.41, 5.74) is 0.885. The van der Waals surface area contributed by atoms with Gasteiger partial charge in [0.1, 0.15) is 17.3 Å². The van der Waals surface area contributed by atoms with E-state index in [9.17, 15) is 24.0 Å². The number of hydrogen-bond donors (Lipinski definition) is 2. The van der Waals surface area contributed by atoms with Gasteiger partial charge < -0.3 is 10.4 Å². The molecule has 1 fully saturated rings. The Morgan fingerprint density at radius 3 is 2.67 bits per heavy atom. The Hall–Kier alpha value is -2.58. The van der Waals surface area contributed by atoms with Gasteiger partial charge in [0.25, 0.3) is 5.69 Å². The third-order valence-corrected chi connectivity index (χ3v) is 4.75. The molecule has 0 radical (unpaired) electrons. The lowest BCUT2D eigenvalue weighted by Crippen LogP contribution is -2.42. The molecule has 1 saturated heterocycles. The minimum absolute atomic E-state index is 0.0337. The van der Waals surface area contributed by atoms with Crippen molar-refractivity contribution in [1.29, 1.82) is 0 Å². The van der Waals surface area contributed by atoms with Crippen LogP contribution >= 0.6 is 0 Å². The first-order chi connectivity index (χ1) is 13.0. The highest BCUT2D eigenvalue weighted by atomic mass is 19.1. The molecule has 0 aliphatic carbocycles. The Kier molecular flexibility index (Phi) is 5.98. The maximum absolute atomic E-state index is 13.9. The van der Waals surface area contributed by atoms with Crippen LogP contribution in [0.1, 0.15) is 24.0 Å². The van der Waals surface area contributed by atoms with E-state index < -0.39 is 16.6 Å². The average molecular weight is 377 g/mol. The molecule has 1 aliphatic rings. The van der Waals surface area contributed by atoms with E-state index in [0.29, 0.717) is 24.3 Å². The van der Waals surface area contributed by atoms with Gasteiger partial charge in [0.05, 0.1) is 11.5 Å². The molecule has 27 heavy (non-hydrogen) atoms. The maximum Gasteiger partial charge on any atom is 0.292 e. The second-order valence-electron chi connectivity index (χ2n) is 6.69. The monoisotopic (exact) mass is 377 g/mol. The number of likely N-dealkylation sites (tertiary alicyclic amines) is 1. The van der Waals surface area contributed by atoms with Crippen molar-refractivity contribution in [1.82, 2.24) is 4.90 Å². The lowest BCUT2D eigenvalue weighted by Gasteiger charge is -2.33. The zero-order valence-electron chi connectivity index (χ0n) is 14.7. The van der Waals surface area contributed by atoms with Crippen molar-refractivity contribution < 1.29 is 18.8 Å². The van der Waals surface area contributed by atoms with Gasteiger partial charge in [-0.05, 0) is 49.2 Å². The maximum atomic E-state index is 13.9. The number of nitro groups is 1. The van der Waals surface area contributed by atoms with Crippen molar-refractivity contribution in [2.45, 2.75) is 32.0 Å². The third-order valence-electron chi connectivity index (χ3n) is 4.75. The largest absolute Gasteiger partial charge is 0.392 e. The zero-order chi connectivity index (χ0) is 19.4. The van der Waals surface area contributed by atoms with Crippen LogP contribution in [0, 0.1) is 21.7 Å². The van der Waals surface area contributed by atoms with Gasteiger partial charge in [0.2, 0.25) is 0 Å². The Morgan fingerprint density at radius 2 is 2.00 bits per heavy atom. The van der Waals surface area contributed by atoms with Crippen molar-refractivity contribution in [2.75, 3.05) is 18.4 Å². The molecule has 1 aliphatic heterocycles. The van der Waals surface area contributed by atoms with E-state index in [1.165, 1.54) is 30.3 Å². The summed E-state index contributed by atoms with van der Waals surface area (Å²) < 4.78 is 27.8. The van der Waals surface area contributed by atoms with Crippen LogP contribution in [0.5, 0.6) is 0 Å². The fourth-order valence-electron chi connectivity index (χ4n) is 3.40. The Balaban J connectivity index is 1.73. The molecule has 0 bridgehead atoms. The van der Waals surface area contributed by atoms with Crippen molar-refractivity contribution in [2.24, 2.45) is 0 Å². The summed E-state index contributed by atoms with van der Waals surface area (Å²) in [5, 5.41) is 23.7. The molecule has 0 amide bonds. The summed E-state index contributed by atoms with van der Waals surface area (Å²) in [6.45, 7) is 1.14. The van der Waals surface area contributed by atoms with Gasteiger partial charge in [0, 0.05) is 30.8 Å². The predicted molar refractivity (Wildman–Crippen MR) is 97.3 cm³/mol. The molecule has 0 saturated carbocycles. The Labute approximate surface area is 155 Å². The summed E-state index contributed by atoms with van der Waals surface area (Å²) in [4.78, 5) is 12.7. The Bertz CT molecular complexity index is 812. The van der Waals surface area contributed by atoms with Gasteiger partial charge in [-0.2, -0.15) is 0 Å². The number of nitro benzene ring substituents is 1. The van der Waals surface area contributed by atoms with E-state index >= 15 is 0 Å². The minimum atomic E-state index is -0.573. The zero-order valence-corrected chi connectivity index (χ0v) is 14.7. The highest BCUT2D eigenvalue weighted by Gasteiger charge is 2.24. The van der Waals surface area contributed by atoms with Crippen molar-refractivity contribution >= 4 is 11.4 Å². The number of piperidine rings is 1. The van der Waals surface area contributed by atoms with E-state index in [1.807, 2.05) is 4.90 Å². The minimum Gasteiger partial charge on any atom is -0.392 e. The quantitative estimate of drug-likeness (QED) is 0.596. The summed E-state index contributed by atoms with van der Waals surface area (Å²) in [6, 6.07) is 8.15. The van der Waals surface area contributed by atoms with E-state index in [0.717, 1.165) is 12.8 Å². The summed E-state index contributed by atoms with van der Waals surface area (Å²) >= 11 is 0. The lowest BCUT2D eigenvalue weighted by molar-refractivity contribution is -0.384. The first-order valence-electron chi connectivity index (χ1n) is 8.78. The number of anilines is 1. The van der Waals surface area contributed by atoms with E-state index in [1.54, 1.807) is 6.07 Å². The fourth-order valence-corrected chi connectivity index (χ4v) is 3.40. The van der Waals surface area contributed by atoms with Crippen molar-refractivity contribution in [3.63, 3.8) is 0 Å². The van der Waals surface area contributed by atoms with Crippen molar-refractivity contribution in [3.8, 4) is 0 Å². The average Bonchev–Trinajstić information content (AvgIpc) is 2.65. The normalized spacial score (nSPS) is 17.7. The van der Waals surface area contributed by atoms with E-state index in [-0.39, 0.29) is 30.4 Å². The molecule has 1 unspecified atom stereocenters. The van der Waals surface area contributed by atoms with Crippen molar-refractivity contribution in [3.05, 3.63) is 69.3 Å². The topological polar surface area (TPSA) is 78.6 Å². The number of aliphatic hydroxyl groups is 1. The molecule has 3 rings (SSSR count). The van der Waals surface area contributed by atoms with E-state index in [4.69, 9.17) is 0 Å². The number of rotatable bonds is 6. The van der Waals surface area contributed by atoms with Gasteiger partial charge >= 0.3 is 0 Å². The molecule has 144 valence electrons. The first-order valence-corrected chi connectivity index (χ1v) is 8.78. The third kappa shape index (κ3) is 4.58. The van der Waals surface area contributed by atoms with Crippen LogP contribution < -0.4 is 5.32 Å². The Morgan fingerprint density at radius 1 is 1.26 bits per heavy atom. The molecule has 0 spiro atoms. The predicted octanol–water partition coefficient (Wildman–Crippen LogP) is 3.44. The number of hydrogen-bond acceptors (Lipinski definition) is 5. The molecule has 2 aromatic rings. The number of benzene rings is 2. The smallest absolute Gasteiger partial charge is 0.292 e. The SMILES string of the molecule is O=[N+]([O-])c1ccc(CO)cc1NC1CCCN(Cc2c(F)cccc2F)C1. The molecule has 1 heterocycles. The summed E-state index contributed by atoms with van der Waals surface area (Å²) in [7, 11) is 0. The van der Waals surface area contributed by atoms with Crippen LogP contribution in [0.4, 0.5) is 20.2 Å². The van der Waals surface area contributed by atoms with Gasteiger partial charge in [-0.3, -0.25) is 15.0 Å². The lowest BCUT2D eigenvalue weighted by atomic mass is 10.0. The highest BCUT2D eigenvalue weighted by Crippen LogP contribution is 2.28. The van der Waals surface area contributed by atoms with Gasteiger partial charge in [-0.1, -0.05) is 6.07 Å². The molecule has 2 aromatic carbocycles. The second kappa shape index (κ2) is 8.41. The van der Waals surface area contributed by atoms with E-state index in [2.05, 4.69) is 5.32 Å². The van der Waals surface area contributed by atoms with Crippen LogP contribution in [-0.2, 0) is 13.2 Å². The summed E-state index contributed by atoms with van der Waals surface area (Å²) in [6.07, 6.45) is 1.60. The van der Waals surface area contributed by atoms with Crippen LogP contribution in [-0.4, -0.2) is 34.1 Å². The molecular weight excluding hydrogens is 356 g/mol. The number of nitrogens with one attached hydrogen (secondary N) is 1. The van der Waals surface area contributed by atoms with Crippen LogP contribution in [0.2, 0.25) is 0 Å². The molecule has 2 N–H and O–H groups in total. The molecule has 8 heteroatoms. The summed E-state index contributed by atoms with van der Waals surface area (Å²) in [5.74, 6) is -1.15. The van der Waals surface area contributed by atoms with Crippen LogP contribution in [0.25, 0.3) is 0 Å². The van der Waals surface area contributed by atoms with Crippen LogP contribution in [0.15, 0.2) is 36.4 Å². The van der Waals surface area contributed by atoms with Gasteiger partial charge in [0.15, 0.2) is 0 Å². The number of halogens is 2. The standard InChI is InChI=1S/C19H21F2N3O3/c20-16-4-1-5-17(21)15(16)11-23-8-2-3-14(10-23)22-18-9-13(12-25)6-7-19(18)24(26)27/h1,4-7,9,14,22,25H,2-3,8,10-12H2. The number of nitrogens with zero attached hydrogens (tertiary/aromatic N) is 2. The fraction of sp³-hybridized carbons (Fsp3) is 0.368. The van der Waals surface area contributed by atoms with Crippen LogP contribution in [0.3, 0.4) is 0 Å². The molecule has 6 nitrogen and oxygen atoms in total. The first kappa shape index (κ1) is 19.2. The van der Waals surface area contributed by atoms with Gasteiger partial charge in [-0.25, -0.2) is 8.78 Å².